The fourth-order valence-corrected chi connectivity index (χ4v) is 2.28. The summed E-state index contributed by atoms with van der Waals surface area (Å²) in [6.07, 6.45) is 5.82. The van der Waals surface area contributed by atoms with Crippen LogP contribution in [0.25, 0.3) is 0 Å². The average Bonchev–Trinajstić information content (AvgIpc) is 2.90. The summed E-state index contributed by atoms with van der Waals surface area (Å²) in [4.78, 5) is 0. The van der Waals surface area contributed by atoms with E-state index in [2.05, 4.69) is 11.8 Å². The molecule has 0 aliphatic heterocycles. The van der Waals surface area contributed by atoms with E-state index in [1.165, 1.54) is 25.7 Å². The van der Waals surface area contributed by atoms with Crippen molar-refractivity contribution >= 4 is 0 Å². The number of aliphatic hydroxyl groups is 1. The van der Waals surface area contributed by atoms with Crippen molar-refractivity contribution in [3.63, 3.8) is 0 Å². The first-order chi connectivity index (χ1) is 8.88. The first-order valence-corrected chi connectivity index (χ1v) is 6.71. The molecule has 0 aromatic heterocycles. The van der Waals surface area contributed by atoms with E-state index in [0.717, 1.165) is 23.8 Å². The van der Waals surface area contributed by atoms with Gasteiger partial charge in [0, 0.05) is 12.0 Å². The summed E-state index contributed by atoms with van der Waals surface area (Å²) >= 11 is 0. The van der Waals surface area contributed by atoms with Gasteiger partial charge in [0.2, 0.25) is 0 Å². The van der Waals surface area contributed by atoms with E-state index in [1.54, 1.807) is 0 Å². The SMILES string of the molecule is OCCC#Cc1cccc(OCC2CCCC2)c1. The standard InChI is InChI=1S/C16H20O2/c17-11-4-3-6-14-9-5-10-16(12-14)18-13-15-7-1-2-8-15/h5,9-10,12,15,17H,1-2,4,7-8,11,13H2. The van der Waals surface area contributed by atoms with Crippen molar-refractivity contribution in [1.29, 1.82) is 0 Å². The summed E-state index contributed by atoms with van der Waals surface area (Å²) in [6.45, 7) is 0.943. The molecule has 2 heteroatoms. The van der Waals surface area contributed by atoms with E-state index in [9.17, 15) is 0 Å². The fourth-order valence-electron chi connectivity index (χ4n) is 2.28. The molecule has 2 nitrogen and oxygen atoms in total. The molecule has 0 saturated heterocycles. The van der Waals surface area contributed by atoms with Crippen molar-refractivity contribution in [1.82, 2.24) is 0 Å². The van der Waals surface area contributed by atoms with Gasteiger partial charge in [-0.15, -0.1) is 0 Å². The maximum atomic E-state index is 8.68. The Morgan fingerprint density at radius 2 is 2.11 bits per heavy atom. The second kappa shape index (κ2) is 7.08. The van der Waals surface area contributed by atoms with Crippen molar-refractivity contribution < 1.29 is 9.84 Å². The van der Waals surface area contributed by atoms with Crippen LogP contribution in [-0.4, -0.2) is 18.3 Å². The second-order valence-corrected chi connectivity index (χ2v) is 4.76. The molecule has 0 atom stereocenters. The number of hydrogen-bond donors (Lipinski definition) is 1. The Labute approximate surface area is 109 Å². The lowest BCUT2D eigenvalue weighted by Crippen LogP contribution is -2.07. The third-order valence-corrected chi connectivity index (χ3v) is 3.26. The highest BCUT2D eigenvalue weighted by atomic mass is 16.5. The van der Waals surface area contributed by atoms with Gasteiger partial charge in [-0.3, -0.25) is 0 Å². The Kier molecular flexibility index (Phi) is 5.11. The lowest BCUT2D eigenvalue weighted by molar-refractivity contribution is 0.252. The third kappa shape index (κ3) is 4.09. The molecule has 1 aliphatic carbocycles. The third-order valence-electron chi connectivity index (χ3n) is 3.26. The lowest BCUT2D eigenvalue weighted by Gasteiger charge is -2.11. The highest BCUT2D eigenvalue weighted by Gasteiger charge is 2.15. The Morgan fingerprint density at radius 1 is 1.28 bits per heavy atom. The zero-order chi connectivity index (χ0) is 12.6. The smallest absolute Gasteiger partial charge is 0.120 e. The lowest BCUT2D eigenvalue weighted by atomic mass is 10.1. The molecule has 96 valence electrons. The monoisotopic (exact) mass is 244 g/mol. The summed E-state index contributed by atoms with van der Waals surface area (Å²) in [7, 11) is 0. The van der Waals surface area contributed by atoms with Crippen LogP contribution in [-0.2, 0) is 0 Å². The first kappa shape index (κ1) is 13.0. The predicted octanol–water partition coefficient (Wildman–Crippen LogP) is 2.99. The Hall–Kier alpha value is -1.46. The topological polar surface area (TPSA) is 29.5 Å². The summed E-state index contributed by atoms with van der Waals surface area (Å²) < 4.78 is 5.82. The van der Waals surface area contributed by atoms with E-state index in [1.807, 2.05) is 24.3 Å². The minimum atomic E-state index is 0.116. The van der Waals surface area contributed by atoms with Crippen LogP contribution < -0.4 is 4.74 Å². The average molecular weight is 244 g/mol. The van der Waals surface area contributed by atoms with Gasteiger partial charge < -0.3 is 9.84 Å². The van der Waals surface area contributed by atoms with Crippen LogP contribution in [0.3, 0.4) is 0 Å². The highest BCUT2D eigenvalue weighted by molar-refractivity contribution is 5.39. The molecule has 0 heterocycles. The van der Waals surface area contributed by atoms with Crippen molar-refractivity contribution in [2.45, 2.75) is 32.1 Å². The van der Waals surface area contributed by atoms with Crippen LogP contribution in [0.5, 0.6) is 5.75 Å². The minimum Gasteiger partial charge on any atom is -0.493 e. The summed E-state index contributed by atoms with van der Waals surface area (Å²) in [6, 6.07) is 7.88. The molecular weight excluding hydrogens is 224 g/mol. The van der Waals surface area contributed by atoms with Gasteiger partial charge in [-0.1, -0.05) is 30.7 Å². The Balaban J connectivity index is 1.88. The molecule has 1 N–H and O–H groups in total. The Bertz CT molecular complexity index is 422. The second-order valence-electron chi connectivity index (χ2n) is 4.76. The van der Waals surface area contributed by atoms with E-state index in [-0.39, 0.29) is 6.61 Å². The van der Waals surface area contributed by atoms with Crippen molar-refractivity contribution in [3.05, 3.63) is 29.8 Å². The number of aliphatic hydroxyl groups excluding tert-OH is 1. The van der Waals surface area contributed by atoms with E-state index in [4.69, 9.17) is 9.84 Å². The number of rotatable bonds is 4. The van der Waals surface area contributed by atoms with Gasteiger partial charge in [-0.25, -0.2) is 0 Å². The molecule has 2 rings (SSSR count). The van der Waals surface area contributed by atoms with Gasteiger partial charge in [-0.05, 0) is 37.0 Å². The van der Waals surface area contributed by atoms with Crippen LogP contribution in [0.4, 0.5) is 0 Å². The molecule has 1 fully saturated rings. The number of benzene rings is 1. The quantitative estimate of drug-likeness (QED) is 0.825. The summed E-state index contributed by atoms with van der Waals surface area (Å²) in [5.74, 6) is 7.58. The van der Waals surface area contributed by atoms with Gasteiger partial charge in [0.05, 0.1) is 13.2 Å². The zero-order valence-electron chi connectivity index (χ0n) is 10.7. The molecule has 0 amide bonds. The molecule has 0 radical (unpaired) electrons. The largest absolute Gasteiger partial charge is 0.493 e. The van der Waals surface area contributed by atoms with Gasteiger partial charge in [0.15, 0.2) is 0 Å². The summed E-state index contributed by atoms with van der Waals surface area (Å²) in [5, 5.41) is 8.68. The molecular formula is C16H20O2. The number of ether oxygens (including phenoxy) is 1. The molecule has 1 aromatic rings. The van der Waals surface area contributed by atoms with Gasteiger partial charge >= 0.3 is 0 Å². The molecule has 0 unspecified atom stereocenters. The van der Waals surface area contributed by atoms with Crippen LogP contribution in [0.2, 0.25) is 0 Å². The molecule has 1 aromatic carbocycles. The van der Waals surface area contributed by atoms with Gasteiger partial charge in [-0.2, -0.15) is 0 Å². The summed E-state index contributed by atoms with van der Waals surface area (Å²) in [5.41, 5.74) is 0.951. The zero-order valence-corrected chi connectivity index (χ0v) is 10.7. The predicted molar refractivity (Wildman–Crippen MR) is 72.5 cm³/mol. The maximum absolute atomic E-state index is 8.68. The molecule has 18 heavy (non-hydrogen) atoms. The van der Waals surface area contributed by atoms with E-state index in [0.29, 0.717) is 6.42 Å². The van der Waals surface area contributed by atoms with Crippen molar-refractivity contribution in [3.8, 4) is 17.6 Å². The van der Waals surface area contributed by atoms with Crippen LogP contribution in [0.15, 0.2) is 24.3 Å². The van der Waals surface area contributed by atoms with Gasteiger partial charge in [0.25, 0.3) is 0 Å². The van der Waals surface area contributed by atoms with Crippen molar-refractivity contribution in [2.75, 3.05) is 13.2 Å². The number of hydrogen-bond acceptors (Lipinski definition) is 2. The maximum Gasteiger partial charge on any atom is 0.120 e. The van der Waals surface area contributed by atoms with Crippen LogP contribution in [0.1, 0.15) is 37.7 Å². The van der Waals surface area contributed by atoms with Crippen molar-refractivity contribution in [2.24, 2.45) is 5.92 Å². The highest BCUT2D eigenvalue weighted by Crippen LogP contribution is 2.25. The minimum absolute atomic E-state index is 0.116. The van der Waals surface area contributed by atoms with E-state index < -0.39 is 0 Å². The van der Waals surface area contributed by atoms with E-state index >= 15 is 0 Å². The molecule has 0 spiro atoms. The fraction of sp³-hybridized carbons (Fsp3) is 0.500. The van der Waals surface area contributed by atoms with Gasteiger partial charge in [0.1, 0.15) is 5.75 Å². The Morgan fingerprint density at radius 3 is 2.89 bits per heavy atom. The molecule has 0 bridgehead atoms. The molecule has 1 saturated carbocycles. The van der Waals surface area contributed by atoms with Crippen LogP contribution in [0, 0.1) is 17.8 Å². The normalized spacial score (nSPS) is 15.2. The first-order valence-electron chi connectivity index (χ1n) is 6.71. The van der Waals surface area contributed by atoms with Crippen LogP contribution >= 0.6 is 0 Å². The molecule has 1 aliphatic rings.